The molecule has 0 unspecified atom stereocenters. The monoisotopic (exact) mass is 470 g/mol. The molecule has 0 bridgehead atoms. The normalized spacial score (nSPS) is 10.8. The second kappa shape index (κ2) is 10.9. The molecule has 0 radical (unpaired) electrons. The van der Waals surface area contributed by atoms with E-state index in [-0.39, 0.29) is 17.2 Å². The van der Waals surface area contributed by atoms with Gasteiger partial charge in [0.15, 0.2) is 0 Å². The maximum Gasteiger partial charge on any atom is 0.126 e. The molecule has 4 aromatic rings. The quantitative estimate of drug-likeness (QED) is 0.289. The Kier molecular flexibility index (Phi) is 7.46. The smallest absolute Gasteiger partial charge is 0.126 e. The SMILES string of the molecule is COc1cccc(CCc2c(Cc3ccc(O)cc3)c(O)cc(OC)c2Cc2ccc(O)cc2)c1. The minimum atomic E-state index is 0.185. The van der Waals surface area contributed by atoms with Gasteiger partial charge in [-0.2, -0.15) is 0 Å². The molecule has 0 aromatic heterocycles. The Balaban J connectivity index is 1.78. The molecule has 5 nitrogen and oxygen atoms in total. The van der Waals surface area contributed by atoms with Gasteiger partial charge in [0.25, 0.3) is 0 Å². The zero-order valence-electron chi connectivity index (χ0n) is 20.0. The molecule has 0 amide bonds. The molecule has 0 aliphatic rings. The van der Waals surface area contributed by atoms with Gasteiger partial charge in [0.2, 0.25) is 0 Å². The zero-order chi connectivity index (χ0) is 24.8. The zero-order valence-corrected chi connectivity index (χ0v) is 20.0. The maximum atomic E-state index is 11.0. The van der Waals surface area contributed by atoms with Gasteiger partial charge in [-0.3, -0.25) is 0 Å². The Labute approximate surface area is 205 Å². The van der Waals surface area contributed by atoms with Gasteiger partial charge in [-0.05, 0) is 71.5 Å². The first kappa shape index (κ1) is 24.0. The van der Waals surface area contributed by atoms with Crippen molar-refractivity contribution in [2.75, 3.05) is 14.2 Å². The topological polar surface area (TPSA) is 79.2 Å². The van der Waals surface area contributed by atoms with Crippen LogP contribution >= 0.6 is 0 Å². The summed E-state index contributed by atoms with van der Waals surface area (Å²) < 4.78 is 11.1. The molecule has 0 atom stereocenters. The minimum Gasteiger partial charge on any atom is -0.508 e. The number of hydrogen-bond donors (Lipinski definition) is 3. The predicted molar refractivity (Wildman–Crippen MR) is 137 cm³/mol. The van der Waals surface area contributed by atoms with Crippen molar-refractivity contribution in [1.82, 2.24) is 0 Å². The average Bonchev–Trinajstić information content (AvgIpc) is 2.87. The standard InChI is InChI=1S/C30H30O5/c1-34-25-5-3-4-20(16-25)10-15-26-27(17-21-6-11-23(31)12-7-21)29(33)19-30(35-2)28(26)18-22-8-13-24(32)14-9-22/h3-9,11-14,16,19,31-33H,10,15,17-18H2,1-2H3. The third-order valence-corrected chi connectivity index (χ3v) is 6.26. The van der Waals surface area contributed by atoms with Crippen LogP contribution in [0.1, 0.15) is 33.4 Å². The van der Waals surface area contributed by atoms with Crippen LogP contribution in [0, 0.1) is 0 Å². The number of phenols is 3. The Hall–Kier alpha value is -4.12. The summed E-state index contributed by atoms with van der Waals surface area (Å²) in [7, 11) is 3.27. The van der Waals surface area contributed by atoms with E-state index in [9.17, 15) is 15.3 Å². The van der Waals surface area contributed by atoms with Crippen molar-refractivity contribution in [2.24, 2.45) is 0 Å². The van der Waals surface area contributed by atoms with E-state index in [1.165, 1.54) is 0 Å². The molecule has 4 aromatic carbocycles. The Morgan fingerprint density at radius 3 is 1.74 bits per heavy atom. The molecule has 180 valence electrons. The molecule has 0 spiro atoms. The van der Waals surface area contributed by atoms with Gasteiger partial charge in [0.05, 0.1) is 14.2 Å². The van der Waals surface area contributed by atoms with Crippen molar-refractivity contribution in [3.63, 3.8) is 0 Å². The maximum absolute atomic E-state index is 11.0. The number of rotatable bonds is 9. The van der Waals surface area contributed by atoms with Crippen LogP contribution in [0.2, 0.25) is 0 Å². The first-order valence-electron chi connectivity index (χ1n) is 11.6. The fourth-order valence-electron chi connectivity index (χ4n) is 4.39. The molecule has 0 fully saturated rings. The molecule has 0 heterocycles. The number of aryl methyl sites for hydroxylation is 1. The van der Waals surface area contributed by atoms with Crippen LogP contribution < -0.4 is 9.47 Å². The number of phenolic OH excluding ortho intramolecular Hbond substituents is 3. The van der Waals surface area contributed by atoms with E-state index in [2.05, 4.69) is 6.07 Å². The summed E-state index contributed by atoms with van der Waals surface area (Å²) in [6.45, 7) is 0. The number of benzene rings is 4. The van der Waals surface area contributed by atoms with Gasteiger partial charge in [-0.1, -0.05) is 36.4 Å². The number of ether oxygens (including phenoxy) is 2. The van der Waals surface area contributed by atoms with Crippen molar-refractivity contribution in [1.29, 1.82) is 0 Å². The van der Waals surface area contributed by atoms with Crippen LogP contribution in [-0.2, 0) is 25.7 Å². The second-order valence-electron chi connectivity index (χ2n) is 8.57. The van der Waals surface area contributed by atoms with Gasteiger partial charge < -0.3 is 24.8 Å². The molecule has 4 rings (SSSR count). The molecule has 0 aliphatic heterocycles. The highest BCUT2D eigenvalue weighted by atomic mass is 16.5. The van der Waals surface area contributed by atoms with E-state index >= 15 is 0 Å². The fourth-order valence-corrected chi connectivity index (χ4v) is 4.39. The number of aromatic hydroxyl groups is 3. The van der Waals surface area contributed by atoms with Crippen molar-refractivity contribution in [2.45, 2.75) is 25.7 Å². The summed E-state index contributed by atoms with van der Waals surface area (Å²) in [4.78, 5) is 0. The third kappa shape index (κ3) is 5.87. The molecular weight excluding hydrogens is 440 g/mol. The lowest BCUT2D eigenvalue weighted by Gasteiger charge is -2.20. The van der Waals surface area contributed by atoms with Crippen molar-refractivity contribution < 1.29 is 24.8 Å². The van der Waals surface area contributed by atoms with E-state index in [4.69, 9.17) is 9.47 Å². The van der Waals surface area contributed by atoms with Crippen LogP contribution in [0.5, 0.6) is 28.7 Å². The van der Waals surface area contributed by atoms with Crippen LogP contribution in [0.25, 0.3) is 0 Å². The Bertz CT molecular complexity index is 1280. The summed E-state index contributed by atoms with van der Waals surface area (Å²) in [6.07, 6.45) is 2.57. The van der Waals surface area contributed by atoms with Gasteiger partial charge in [-0.15, -0.1) is 0 Å². The number of hydrogen-bond acceptors (Lipinski definition) is 5. The van der Waals surface area contributed by atoms with E-state index in [0.29, 0.717) is 25.0 Å². The second-order valence-corrected chi connectivity index (χ2v) is 8.57. The first-order valence-corrected chi connectivity index (χ1v) is 11.6. The highest BCUT2D eigenvalue weighted by Crippen LogP contribution is 2.37. The lowest BCUT2D eigenvalue weighted by atomic mass is 9.87. The molecule has 0 aliphatic carbocycles. The highest BCUT2D eigenvalue weighted by Gasteiger charge is 2.20. The molecule has 0 saturated heterocycles. The average molecular weight is 471 g/mol. The fraction of sp³-hybridized carbons (Fsp3) is 0.200. The Morgan fingerprint density at radius 1 is 0.571 bits per heavy atom. The van der Waals surface area contributed by atoms with Crippen LogP contribution in [0.4, 0.5) is 0 Å². The van der Waals surface area contributed by atoms with Crippen LogP contribution in [0.15, 0.2) is 78.9 Å². The van der Waals surface area contributed by atoms with Gasteiger partial charge in [-0.25, -0.2) is 0 Å². The third-order valence-electron chi connectivity index (χ3n) is 6.26. The van der Waals surface area contributed by atoms with Gasteiger partial charge in [0.1, 0.15) is 28.7 Å². The lowest BCUT2D eigenvalue weighted by Crippen LogP contribution is -2.07. The highest BCUT2D eigenvalue weighted by molar-refractivity contribution is 5.56. The molecular formula is C30H30O5. The van der Waals surface area contributed by atoms with Crippen molar-refractivity contribution in [3.8, 4) is 28.7 Å². The predicted octanol–water partition coefficient (Wildman–Crippen LogP) is 5.79. The molecule has 0 saturated carbocycles. The number of methoxy groups -OCH3 is 2. The Morgan fingerprint density at radius 2 is 1.17 bits per heavy atom. The van der Waals surface area contributed by atoms with E-state index in [1.54, 1.807) is 44.6 Å². The summed E-state index contributed by atoms with van der Waals surface area (Å²) in [5, 5.41) is 30.4. The largest absolute Gasteiger partial charge is 0.508 e. The lowest BCUT2D eigenvalue weighted by molar-refractivity contribution is 0.401. The van der Waals surface area contributed by atoms with E-state index in [1.807, 2.05) is 42.5 Å². The van der Waals surface area contributed by atoms with Gasteiger partial charge in [0, 0.05) is 30.0 Å². The minimum absolute atomic E-state index is 0.185. The molecule has 5 heteroatoms. The van der Waals surface area contributed by atoms with Crippen LogP contribution in [-0.4, -0.2) is 29.5 Å². The summed E-state index contributed by atoms with van der Waals surface area (Å²) >= 11 is 0. The first-order chi connectivity index (χ1) is 17.0. The van der Waals surface area contributed by atoms with Crippen molar-refractivity contribution >= 4 is 0 Å². The molecule has 35 heavy (non-hydrogen) atoms. The van der Waals surface area contributed by atoms with E-state index < -0.39 is 0 Å². The summed E-state index contributed by atoms with van der Waals surface area (Å²) in [6, 6.07) is 23.9. The summed E-state index contributed by atoms with van der Waals surface area (Å²) in [5.74, 6) is 2.05. The van der Waals surface area contributed by atoms with Crippen LogP contribution in [0.3, 0.4) is 0 Å². The summed E-state index contributed by atoms with van der Waals surface area (Å²) in [5.41, 5.74) is 6.04. The molecule has 3 N–H and O–H groups in total. The van der Waals surface area contributed by atoms with Crippen molar-refractivity contribution in [3.05, 3.63) is 112 Å². The van der Waals surface area contributed by atoms with E-state index in [0.717, 1.165) is 45.6 Å². The van der Waals surface area contributed by atoms with Gasteiger partial charge >= 0.3 is 0 Å².